The lowest BCUT2D eigenvalue weighted by Gasteiger charge is -2.11. The Labute approximate surface area is 141 Å². The summed E-state index contributed by atoms with van der Waals surface area (Å²) in [6, 6.07) is 3.78. The quantitative estimate of drug-likeness (QED) is 0.457. The molecule has 0 amide bonds. The monoisotopic (exact) mass is 335 g/mol. The second kappa shape index (κ2) is 9.09. The van der Waals surface area contributed by atoms with E-state index in [0.717, 1.165) is 43.4 Å². The Kier molecular flexibility index (Phi) is 6.80. The minimum atomic E-state index is 0.492. The summed E-state index contributed by atoms with van der Waals surface area (Å²) >= 11 is 5.78. The van der Waals surface area contributed by atoms with Crippen LogP contribution in [0.5, 0.6) is 0 Å². The molecule has 0 saturated carbocycles. The van der Waals surface area contributed by atoms with Crippen LogP contribution in [-0.2, 0) is 19.5 Å². The second-order valence-corrected chi connectivity index (χ2v) is 5.28. The molecule has 0 fully saturated rings. The molecule has 0 atom stereocenters. The van der Waals surface area contributed by atoms with Crippen molar-refractivity contribution < 1.29 is 0 Å². The zero-order chi connectivity index (χ0) is 16.5. The number of halogens is 1. The molecule has 2 heterocycles. The Hall–Kier alpha value is -2.15. The van der Waals surface area contributed by atoms with Crippen LogP contribution in [0.15, 0.2) is 29.6 Å². The number of aryl methyl sites for hydroxylation is 1. The number of pyridine rings is 1. The first-order valence-corrected chi connectivity index (χ1v) is 8.10. The Morgan fingerprint density at radius 1 is 1.30 bits per heavy atom. The van der Waals surface area contributed by atoms with E-state index in [1.807, 2.05) is 17.6 Å². The smallest absolute Gasteiger partial charge is 0.191 e. The molecule has 0 unspecified atom stereocenters. The Morgan fingerprint density at radius 2 is 2.17 bits per heavy atom. The number of aromatic nitrogens is 4. The summed E-state index contributed by atoms with van der Waals surface area (Å²) in [5, 5.41) is 15.0. The number of guanidine groups is 1. The zero-order valence-electron chi connectivity index (χ0n) is 13.5. The highest BCUT2D eigenvalue weighted by Crippen LogP contribution is 2.05. The van der Waals surface area contributed by atoms with Gasteiger partial charge in [-0.1, -0.05) is 17.7 Å². The molecule has 0 aliphatic rings. The first-order chi connectivity index (χ1) is 11.2. The predicted molar refractivity (Wildman–Crippen MR) is 91.5 cm³/mol. The van der Waals surface area contributed by atoms with E-state index in [4.69, 9.17) is 11.6 Å². The van der Waals surface area contributed by atoms with Crippen molar-refractivity contribution >= 4 is 17.6 Å². The maximum absolute atomic E-state index is 5.78. The van der Waals surface area contributed by atoms with E-state index in [2.05, 4.69) is 37.7 Å². The SMILES string of the molecule is CCNC(=NCc1nncn1CC)NCCc1ccc(Cl)nc1. The third kappa shape index (κ3) is 5.52. The standard InChI is InChI=1S/C15H22ClN7/c1-3-17-15(20-10-14-22-21-11-23(14)4-2)18-8-7-12-5-6-13(16)19-9-12/h5-6,9,11H,3-4,7-8,10H2,1-2H3,(H2,17,18,20). The van der Waals surface area contributed by atoms with Crippen molar-refractivity contribution in [2.75, 3.05) is 13.1 Å². The molecule has 124 valence electrons. The molecule has 7 nitrogen and oxygen atoms in total. The van der Waals surface area contributed by atoms with Gasteiger partial charge in [0.15, 0.2) is 11.8 Å². The van der Waals surface area contributed by atoms with Crippen LogP contribution < -0.4 is 10.6 Å². The lowest BCUT2D eigenvalue weighted by molar-refractivity contribution is 0.693. The lowest BCUT2D eigenvalue weighted by atomic mass is 10.2. The fourth-order valence-corrected chi connectivity index (χ4v) is 2.15. The summed E-state index contributed by atoms with van der Waals surface area (Å²) < 4.78 is 1.98. The van der Waals surface area contributed by atoms with Gasteiger partial charge in [0.05, 0.1) is 0 Å². The van der Waals surface area contributed by atoms with Gasteiger partial charge in [-0.25, -0.2) is 9.98 Å². The van der Waals surface area contributed by atoms with Crippen LogP contribution in [0.1, 0.15) is 25.2 Å². The van der Waals surface area contributed by atoms with Crippen LogP contribution in [-0.4, -0.2) is 38.8 Å². The number of nitrogens with one attached hydrogen (secondary N) is 2. The summed E-state index contributed by atoms with van der Waals surface area (Å²) in [6.07, 6.45) is 4.36. The van der Waals surface area contributed by atoms with Crippen LogP contribution in [0.4, 0.5) is 0 Å². The second-order valence-electron chi connectivity index (χ2n) is 4.89. The Balaban J connectivity index is 1.87. The van der Waals surface area contributed by atoms with Crippen molar-refractivity contribution in [1.82, 2.24) is 30.4 Å². The topological polar surface area (TPSA) is 80.0 Å². The van der Waals surface area contributed by atoms with Gasteiger partial charge in [0.1, 0.15) is 18.0 Å². The number of rotatable bonds is 7. The van der Waals surface area contributed by atoms with Gasteiger partial charge in [0.25, 0.3) is 0 Å². The van der Waals surface area contributed by atoms with Crippen molar-refractivity contribution in [2.45, 2.75) is 33.4 Å². The van der Waals surface area contributed by atoms with Gasteiger partial charge in [-0.05, 0) is 31.9 Å². The normalized spacial score (nSPS) is 11.5. The Morgan fingerprint density at radius 3 is 2.87 bits per heavy atom. The zero-order valence-corrected chi connectivity index (χ0v) is 14.2. The molecule has 0 aromatic carbocycles. The molecule has 0 aliphatic heterocycles. The van der Waals surface area contributed by atoms with Crippen LogP contribution >= 0.6 is 11.6 Å². The van der Waals surface area contributed by atoms with Gasteiger partial charge in [0.2, 0.25) is 0 Å². The highest BCUT2D eigenvalue weighted by atomic mass is 35.5. The molecule has 2 rings (SSSR count). The minimum absolute atomic E-state index is 0.492. The number of nitrogens with zero attached hydrogens (tertiary/aromatic N) is 5. The van der Waals surface area contributed by atoms with Crippen molar-refractivity contribution in [3.05, 3.63) is 41.2 Å². The molecule has 0 radical (unpaired) electrons. The van der Waals surface area contributed by atoms with Gasteiger partial charge < -0.3 is 15.2 Å². The molecular weight excluding hydrogens is 314 g/mol. The van der Waals surface area contributed by atoms with Gasteiger partial charge >= 0.3 is 0 Å². The fraction of sp³-hybridized carbons (Fsp3) is 0.467. The van der Waals surface area contributed by atoms with Gasteiger partial charge in [-0.15, -0.1) is 10.2 Å². The lowest BCUT2D eigenvalue weighted by Crippen LogP contribution is -2.38. The van der Waals surface area contributed by atoms with Gasteiger partial charge in [-0.3, -0.25) is 0 Å². The summed E-state index contributed by atoms with van der Waals surface area (Å²) in [7, 11) is 0. The third-order valence-electron chi connectivity index (χ3n) is 3.25. The molecule has 2 aromatic heterocycles. The minimum Gasteiger partial charge on any atom is -0.357 e. The highest BCUT2D eigenvalue weighted by molar-refractivity contribution is 6.29. The summed E-state index contributed by atoms with van der Waals surface area (Å²) in [4.78, 5) is 8.62. The predicted octanol–water partition coefficient (Wildman–Crippen LogP) is 1.64. The maximum atomic E-state index is 5.78. The van der Waals surface area contributed by atoms with Crippen molar-refractivity contribution in [3.8, 4) is 0 Å². The summed E-state index contributed by atoms with van der Waals surface area (Å²) in [6.45, 7) is 6.98. The third-order valence-corrected chi connectivity index (χ3v) is 3.48. The van der Waals surface area contributed by atoms with E-state index in [1.165, 1.54) is 0 Å². The van der Waals surface area contributed by atoms with E-state index >= 15 is 0 Å². The fourth-order valence-electron chi connectivity index (χ4n) is 2.04. The maximum Gasteiger partial charge on any atom is 0.191 e. The number of hydrogen-bond acceptors (Lipinski definition) is 4. The van der Waals surface area contributed by atoms with E-state index < -0.39 is 0 Å². The molecule has 0 bridgehead atoms. The largest absolute Gasteiger partial charge is 0.357 e. The van der Waals surface area contributed by atoms with E-state index in [-0.39, 0.29) is 0 Å². The Bertz CT molecular complexity index is 621. The molecule has 2 aromatic rings. The van der Waals surface area contributed by atoms with Crippen LogP contribution in [0.25, 0.3) is 0 Å². The van der Waals surface area contributed by atoms with E-state index in [9.17, 15) is 0 Å². The average molecular weight is 336 g/mol. The molecule has 0 aliphatic carbocycles. The first-order valence-electron chi connectivity index (χ1n) is 7.72. The van der Waals surface area contributed by atoms with Crippen LogP contribution in [0, 0.1) is 0 Å². The van der Waals surface area contributed by atoms with Crippen LogP contribution in [0.3, 0.4) is 0 Å². The van der Waals surface area contributed by atoms with Gasteiger partial charge in [-0.2, -0.15) is 0 Å². The molecule has 0 saturated heterocycles. The van der Waals surface area contributed by atoms with Crippen LogP contribution in [0.2, 0.25) is 5.15 Å². The van der Waals surface area contributed by atoms with Crippen molar-refractivity contribution in [3.63, 3.8) is 0 Å². The van der Waals surface area contributed by atoms with E-state index in [1.54, 1.807) is 18.6 Å². The van der Waals surface area contributed by atoms with E-state index in [0.29, 0.717) is 11.7 Å². The summed E-state index contributed by atoms with van der Waals surface area (Å²) in [5.74, 6) is 1.62. The highest BCUT2D eigenvalue weighted by Gasteiger charge is 2.03. The molecule has 0 spiro atoms. The van der Waals surface area contributed by atoms with Crippen molar-refractivity contribution in [1.29, 1.82) is 0 Å². The number of aliphatic imine (C=N–C) groups is 1. The van der Waals surface area contributed by atoms with Gasteiger partial charge in [0, 0.05) is 25.8 Å². The molecular formula is C15H22ClN7. The summed E-state index contributed by atoms with van der Waals surface area (Å²) in [5.41, 5.74) is 1.13. The average Bonchev–Trinajstić information content (AvgIpc) is 3.02. The van der Waals surface area contributed by atoms with Crippen molar-refractivity contribution in [2.24, 2.45) is 4.99 Å². The number of hydrogen-bond donors (Lipinski definition) is 2. The molecule has 23 heavy (non-hydrogen) atoms. The molecule has 2 N–H and O–H groups in total. The first kappa shape index (κ1) is 17.2. The molecule has 8 heteroatoms.